The van der Waals surface area contributed by atoms with Gasteiger partial charge in [-0.15, -0.1) is 0 Å². The fourth-order valence-corrected chi connectivity index (χ4v) is 2.34. The molecule has 1 aromatic carbocycles. The molecule has 2 aromatic rings. The molecule has 0 amide bonds. The van der Waals surface area contributed by atoms with E-state index in [-0.39, 0.29) is 22.9 Å². The van der Waals surface area contributed by atoms with E-state index in [1.807, 2.05) is 32.1 Å². The fourth-order valence-electron chi connectivity index (χ4n) is 2.21. The summed E-state index contributed by atoms with van der Waals surface area (Å²) >= 11 is 5.84. The van der Waals surface area contributed by atoms with Crippen LogP contribution in [0, 0.1) is 63.7 Å². The van der Waals surface area contributed by atoms with Crippen molar-refractivity contribution in [3.8, 4) is 5.75 Å². The molecule has 2 fully saturated rings. The van der Waals surface area contributed by atoms with Crippen molar-refractivity contribution in [2.45, 2.75) is 6.23 Å². The van der Waals surface area contributed by atoms with Crippen molar-refractivity contribution in [3.05, 3.63) is 106 Å². The maximum atomic E-state index is 12.5. The average molecular weight is 422 g/mol. The van der Waals surface area contributed by atoms with E-state index in [9.17, 15) is 4.79 Å². The van der Waals surface area contributed by atoms with E-state index in [4.69, 9.17) is 16.3 Å². The zero-order valence-electron chi connectivity index (χ0n) is 14.1. The molecule has 136 valence electrons. The first-order valence-electron chi connectivity index (χ1n) is 7.93. The number of hydrogen-bond donors (Lipinski definition) is 0. The molecular formula is C20H16ClFeN3O2+2. The van der Waals surface area contributed by atoms with Gasteiger partial charge in [-0.2, -0.15) is 5.10 Å². The summed E-state index contributed by atoms with van der Waals surface area (Å²) in [7, 11) is 0. The number of ketones is 1. The van der Waals surface area contributed by atoms with Gasteiger partial charge in [0.2, 0.25) is 5.78 Å². The molecule has 2 aliphatic carbocycles. The van der Waals surface area contributed by atoms with Crippen LogP contribution in [-0.4, -0.2) is 20.5 Å². The molecule has 10 radical (unpaired) electrons. The Morgan fingerprint density at radius 3 is 2.07 bits per heavy atom. The summed E-state index contributed by atoms with van der Waals surface area (Å²) in [6.45, 7) is 0. The first-order chi connectivity index (χ1) is 12.7. The standard InChI is InChI=1S/C15H11ClN3O2.C5H5.Fe/c16-12-5-7-13(8-6-12)21-15(19-10-17-9-18-19)14(20)11-3-1-2-4-11;1-2-4-5-3-1;/h1-10,15H;1-5H;/q;;+2. The Kier molecular flexibility index (Phi) is 9.32. The second-order valence-electron chi connectivity index (χ2n) is 5.30. The Balaban J connectivity index is 0.000000379. The average Bonchev–Trinajstić information content (AvgIpc) is 3.45. The third-order valence-electron chi connectivity index (χ3n) is 3.47. The third-order valence-corrected chi connectivity index (χ3v) is 3.72. The molecule has 1 aromatic heterocycles. The molecule has 5 nitrogen and oxygen atoms in total. The Labute approximate surface area is 176 Å². The first-order valence-corrected chi connectivity index (χ1v) is 8.31. The molecule has 2 aliphatic rings. The molecule has 4 rings (SSSR count). The molecule has 0 spiro atoms. The van der Waals surface area contributed by atoms with Gasteiger partial charge < -0.3 is 4.74 Å². The minimum absolute atomic E-state index is 0. The maximum absolute atomic E-state index is 12.5. The maximum Gasteiger partial charge on any atom is 2.00 e. The van der Waals surface area contributed by atoms with Crippen molar-refractivity contribution in [1.29, 1.82) is 0 Å². The van der Waals surface area contributed by atoms with Crippen molar-refractivity contribution in [1.82, 2.24) is 14.8 Å². The Morgan fingerprint density at radius 2 is 1.56 bits per heavy atom. The van der Waals surface area contributed by atoms with Crippen LogP contribution in [-0.2, 0) is 21.9 Å². The van der Waals surface area contributed by atoms with E-state index in [1.165, 1.54) is 17.3 Å². The summed E-state index contributed by atoms with van der Waals surface area (Å²) in [5, 5.41) is 4.59. The SMILES string of the molecule is O=C([C]1[CH][CH][CH][CH]1)C(Oc1ccc(Cl)cc1)n1cncn1.[CH]1[CH][CH][CH][CH]1.[Fe+2]. The van der Waals surface area contributed by atoms with E-state index in [1.54, 1.807) is 49.9 Å². The monoisotopic (exact) mass is 421 g/mol. The number of nitrogens with zero attached hydrogens (tertiary/aromatic N) is 3. The van der Waals surface area contributed by atoms with E-state index in [2.05, 4.69) is 10.1 Å². The molecule has 1 atom stereocenters. The summed E-state index contributed by atoms with van der Waals surface area (Å²) in [6, 6.07) is 6.79. The van der Waals surface area contributed by atoms with Crippen LogP contribution in [0.2, 0.25) is 5.02 Å². The van der Waals surface area contributed by atoms with Crippen molar-refractivity contribution >= 4 is 17.4 Å². The molecule has 0 aliphatic heterocycles. The molecule has 2 saturated carbocycles. The Hall–Kier alpha value is -1.36. The molecule has 0 saturated heterocycles. The van der Waals surface area contributed by atoms with Gasteiger partial charge in [0.15, 0.2) is 0 Å². The largest absolute Gasteiger partial charge is 2.00 e. The zero-order valence-corrected chi connectivity index (χ0v) is 16.0. The van der Waals surface area contributed by atoms with Gasteiger partial charge in [-0.3, -0.25) is 4.79 Å². The van der Waals surface area contributed by atoms with Gasteiger partial charge in [-0.1, -0.05) is 11.6 Å². The van der Waals surface area contributed by atoms with Crippen LogP contribution < -0.4 is 4.74 Å². The van der Waals surface area contributed by atoms with Crippen molar-refractivity contribution in [2.24, 2.45) is 0 Å². The van der Waals surface area contributed by atoms with Crippen LogP contribution in [0.5, 0.6) is 5.75 Å². The quantitative estimate of drug-likeness (QED) is 0.693. The predicted molar refractivity (Wildman–Crippen MR) is 98.1 cm³/mol. The second kappa shape index (κ2) is 11.5. The molecule has 1 unspecified atom stereocenters. The Bertz CT molecular complexity index is 661. The van der Waals surface area contributed by atoms with E-state index >= 15 is 0 Å². The second-order valence-corrected chi connectivity index (χ2v) is 5.74. The van der Waals surface area contributed by atoms with Crippen molar-refractivity contribution < 1.29 is 26.6 Å². The fraction of sp³-hybridized carbons (Fsp3) is 0.0500. The van der Waals surface area contributed by atoms with Gasteiger partial charge in [0, 0.05) is 5.02 Å². The van der Waals surface area contributed by atoms with Crippen molar-refractivity contribution in [2.75, 3.05) is 0 Å². The van der Waals surface area contributed by atoms with Gasteiger partial charge in [0.1, 0.15) is 18.4 Å². The first kappa shape index (κ1) is 21.9. The van der Waals surface area contributed by atoms with Gasteiger partial charge >= 0.3 is 17.1 Å². The molecule has 7 heteroatoms. The summed E-state index contributed by atoms with van der Waals surface area (Å²) in [5.74, 6) is 0.893. The minimum Gasteiger partial charge on any atom is -0.461 e. The van der Waals surface area contributed by atoms with Crippen LogP contribution in [0.3, 0.4) is 0 Å². The number of hydrogen-bond acceptors (Lipinski definition) is 4. The van der Waals surface area contributed by atoms with E-state index in [0.717, 1.165) is 0 Å². The van der Waals surface area contributed by atoms with Crippen LogP contribution in [0.15, 0.2) is 36.9 Å². The minimum atomic E-state index is -0.906. The number of benzene rings is 1. The topological polar surface area (TPSA) is 57.0 Å². The summed E-state index contributed by atoms with van der Waals surface area (Å²) in [6.07, 6.45) is 19.0. The summed E-state index contributed by atoms with van der Waals surface area (Å²) in [4.78, 5) is 16.4. The van der Waals surface area contributed by atoms with Crippen LogP contribution in [0.1, 0.15) is 6.23 Å². The van der Waals surface area contributed by atoms with Gasteiger partial charge in [0.25, 0.3) is 6.23 Å². The molecule has 0 bridgehead atoms. The number of ether oxygens (including phenoxy) is 1. The normalized spacial score (nSPS) is 17.5. The third kappa shape index (κ3) is 6.63. The zero-order chi connectivity index (χ0) is 18.2. The molecular weight excluding hydrogens is 406 g/mol. The predicted octanol–water partition coefficient (Wildman–Crippen LogP) is 3.50. The number of halogens is 1. The Morgan fingerprint density at radius 1 is 0.963 bits per heavy atom. The van der Waals surface area contributed by atoms with Gasteiger partial charge in [-0.25, -0.2) is 9.67 Å². The van der Waals surface area contributed by atoms with Gasteiger partial charge in [-0.05, 0) is 82.1 Å². The molecule has 27 heavy (non-hydrogen) atoms. The smallest absolute Gasteiger partial charge is 0.461 e. The number of carbonyl (C=O) groups is 1. The number of rotatable bonds is 5. The van der Waals surface area contributed by atoms with Crippen molar-refractivity contribution in [3.63, 3.8) is 0 Å². The summed E-state index contributed by atoms with van der Waals surface area (Å²) < 4.78 is 7.13. The molecule has 0 N–H and O–H groups in total. The van der Waals surface area contributed by atoms with Crippen LogP contribution >= 0.6 is 11.6 Å². The van der Waals surface area contributed by atoms with E-state index in [0.29, 0.717) is 16.7 Å². The number of Topliss-reactive ketones (excluding diaryl/α,β-unsaturated/α-hetero) is 1. The molecule has 1 heterocycles. The van der Waals surface area contributed by atoms with Crippen LogP contribution in [0.4, 0.5) is 0 Å². The van der Waals surface area contributed by atoms with E-state index < -0.39 is 6.23 Å². The van der Waals surface area contributed by atoms with Gasteiger partial charge in [0.05, 0.1) is 5.92 Å². The van der Waals surface area contributed by atoms with Crippen LogP contribution in [0.25, 0.3) is 0 Å². The summed E-state index contributed by atoms with van der Waals surface area (Å²) in [5.41, 5.74) is 0. The number of carbonyl (C=O) groups excluding carboxylic acids is 1. The number of aromatic nitrogens is 3.